The maximum atomic E-state index is 5.31. The SMILES string of the molecule is CCc1[nH]c(-c2ccccc2C)nc(=S)c1C. The van der Waals surface area contributed by atoms with Crippen molar-refractivity contribution < 1.29 is 0 Å². The van der Waals surface area contributed by atoms with Gasteiger partial charge in [0.25, 0.3) is 0 Å². The van der Waals surface area contributed by atoms with Crippen molar-refractivity contribution in [3.8, 4) is 11.4 Å². The van der Waals surface area contributed by atoms with Crippen LogP contribution in [-0.2, 0) is 6.42 Å². The molecule has 3 heteroatoms. The van der Waals surface area contributed by atoms with Gasteiger partial charge < -0.3 is 4.98 Å². The van der Waals surface area contributed by atoms with Crippen molar-refractivity contribution in [2.45, 2.75) is 27.2 Å². The van der Waals surface area contributed by atoms with Gasteiger partial charge in [-0.2, -0.15) is 0 Å². The standard InChI is InChI=1S/C14H16N2S/c1-4-12-10(3)14(17)16-13(15-12)11-8-6-5-7-9(11)2/h5-8H,4H2,1-3H3,(H,15,16,17). The van der Waals surface area contributed by atoms with Crippen molar-refractivity contribution >= 4 is 12.2 Å². The fraction of sp³-hybridized carbons (Fsp3) is 0.286. The molecule has 1 heterocycles. The van der Waals surface area contributed by atoms with E-state index in [-0.39, 0.29) is 0 Å². The fourth-order valence-electron chi connectivity index (χ4n) is 1.90. The summed E-state index contributed by atoms with van der Waals surface area (Å²) in [6.07, 6.45) is 0.941. The lowest BCUT2D eigenvalue weighted by molar-refractivity contribution is 0.968. The second-order valence-electron chi connectivity index (χ2n) is 4.16. The van der Waals surface area contributed by atoms with Crippen LogP contribution < -0.4 is 0 Å². The Morgan fingerprint density at radius 1 is 1.24 bits per heavy atom. The summed E-state index contributed by atoms with van der Waals surface area (Å²) in [4.78, 5) is 7.85. The van der Waals surface area contributed by atoms with Gasteiger partial charge in [0, 0.05) is 16.8 Å². The second kappa shape index (κ2) is 4.80. The Bertz CT molecular complexity index is 599. The van der Waals surface area contributed by atoms with E-state index in [0.717, 1.165) is 23.4 Å². The van der Waals surface area contributed by atoms with E-state index in [4.69, 9.17) is 12.2 Å². The summed E-state index contributed by atoms with van der Waals surface area (Å²) in [5, 5.41) is 0. The Morgan fingerprint density at radius 2 is 1.94 bits per heavy atom. The van der Waals surface area contributed by atoms with E-state index >= 15 is 0 Å². The number of nitrogens with one attached hydrogen (secondary N) is 1. The van der Waals surface area contributed by atoms with Gasteiger partial charge >= 0.3 is 0 Å². The first-order valence-corrected chi connectivity index (χ1v) is 6.20. The Hall–Kier alpha value is -1.48. The summed E-state index contributed by atoms with van der Waals surface area (Å²) < 4.78 is 0.693. The minimum Gasteiger partial charge on any atom is -0.343 e. The number of aryl methyl sites for hydroxylation is 2. The zero-order chi connectivity index (χ0) is 12.4. The molecule has 0 atom stereocenters. The zero-order valence-corrected chi connectivity index (χ0v) is 11.2. The number of nitrogens with zero attached hydrogens (tertiary/aromatic N) is 1. The summed E-state index contributed by atoms with van der Waals surface area (Å²) in [6.45, 7) is 6.22. The third-order valence-electron chi connectivity index (χ3n) is 3.01. The molecule has 88 valence electrons. The molecule has 0 saturated carbocycles. The van der Waals surface area contributed by atoms with Gasteiger partial charge in [-0.15, -0.1) is 0 Å². The van der Waals surface area contributed by atoms with Crippen LogP contribution >= 0.6 is 12.2 Å². The number of hydrogen-bond acceptors (Lipinski definition) is 2. The van der Waals surface area contributed by atoms with Gasteiger partial charge in [0.1, 0.15) is 10.5 Å². The highest BCUT2D eigenvalue weighted by atomic mass is 32.1. The lowest BCUT2D eigenvalue weighted by Crippen LogP contribution is -2.00. The number of hydrogen-bond donors (Lipinski definition) is 1. The summed E-state index contributed by atoms with van der Waals surface area (Å²) in [6, 6.07) is 8.20. The van der Waals surface area contributed by atoms with Gasteiger partial charge in [0.05, 0.1) is 0 Å². The molecule has 0 saturated heterocycles. The van der Waals surface area contributed by atoms with Crippen LogP contribution in [0.25, 0.3) is 11.4 Å². The highest BCUT2D eigenvalue weighted by molar-refractivity contribution is 7.71. The van der Waals surface area contributed by atoms with E-state index in [0.29, 0.717) is 4.64 Å². The fourth-order valence-corrected chi connectivity index (χ4v) is 2.11. The minimum atomic E-state index is 0.693. The molecule has 2 aromatic rings. The van der Waals surface area contributed by atoms with Gasteiger partial charge in [-0.3, -0.25) is 0 Å². The zero-order valence-electron chi connectivity index (χ0n) is 10.4. The molecule has 0 unspecified atom stereocenters. The predicted octanol–water partition coefficient (Wildman–Crippen LogP) is 3.99. The van der Waals surface area contributed by atoms with Gasteiger partial charge in [-0.1, -0.05) is 43.4 Å². The summed E-state index contributed by atoms with van der Waals surface area (Å²) in [5.74, 6) is 0.871. The van der Waals surface area contributed by atoms with Crippen LogP contribution in [0.3, 0.4) is 0 Å². The Kier molecular flexibility index (Phi) is 3.38. The average molecular weight is 244 g/mol. The maximum absolute atomic E-state index is 5.31. The van der Waals surface area contributed by atoms with Crippen molar-refractivity contribution in [2.75, 3.05) is 0 Å². The molecule has 1 aromatic heterocycles. The van der Waals surface area contributed by atoms with E-state index in [1.54, 1.807) is 0 Å². The van der Waals surface area contributed by atoms with E-state index in [2.05, 4.69) is 35.9 Å². The number of benzene rings is 1. The first kappa shape index (κ1) is 12.0. The minimum absolute atomic E-state index is 0.693. The molecule has 0 amide bonds. The number of rotatable bonds is 2. The first-order chi connectivity index (χ1) is 8.13. The number of aromatic nitrogens is 2. The van der Waals surface area contributed by atoms with E-state index in [9.17, 15) is 0 Å². The van der Waals surface area contributed by atoms with Gasteiger partial charge in [-0.05, 0) is 25.8 Å². The van der Waals surface area contributed by atoms with Crippen molar-refractivity contribution in [3.63, 3.8) is 0 Å². The molecule has 1 N–H and O–H groups in total. The monoisotopic (exact) mass is 244 g/mol. The summed E-state index contributed by atoms with van der Waals surface area (Å²) in [5.41, 5.74) is 4.58. The largest absolute Gasteiger partial charge is 0.343 e. The summed E-state index contributed by atoms with van der Waals surface area (Å²) >= 11 is 5.31. The van der Waals surface area contributed by atoms with Gasteiger partial charge in [0.2, 0.25) is 0 Å². The molecule has 2 rings (SSSR count). The Labute approximate surface area is 107 Å². The van der Waals surface area contributed by atoms with Crippen molar-refractivity contribution in [1.82, 2.24) is 9.97 Å². The van der Waals surface area contributed by atoms with Crippen LogP contribution in [-0.4, -0.2) is 9.97 Å². The van der Waals surface area contributed by atoms with Crippen LogP contribution in [0.4, 0.5) is 0 Å². The lowest BCUT2D eigenvalue weighted by atomic mass is 10.1. The number of H-pyrrole nitrogens is 1. The molecular formula is C14H16N2S. The first-order valence-electron chi connectivity index (χ1n) is 5.79. The van der Waals surface area contributed by atoms with E-state index in [1.165, 1.54) is 11.3 Å². The van der Waals surface area contributed by atoms with E-state index in [1.807, 2.05) is 19.1 Å². The lowest BCUT2D eigenvalue weighted by Gasteiger charge is -2.09. The van der Waals surface area contributed by atoms with Crippen LogP contribution in [0.5, 0.6) is 0 Å². The molecule has 0 aliphatic heterocycles. The molecule has 2 nitrogen and oxygen atoms in total. The van der Waals surface area contributed by atoms with Crippen LogP contribution in [0.1, 0.15) is 23.7 Å². The molecule has 1 aromatic carbocycles. The molecular weight excluding hydrogens is 228 g/mol. The quantitative estimate of drug-likeness (QED) is 0.809. The summed E-state index contributed by atoms with van der Waals surface area (Å²) in [7, 11) is 0. The third kappa shape index (κ3) is 2.29. The molecule has 0 radical (unpaired) electrons. The van der Waals surface area contributed by atoms with E-state index < -0.39 is 0 Å². The van der Waals surface area contributed by atoms with Crippen molar-refractivity contribution in [3.05, 3.63) is 45.7 Å². The molecule has 0 aliphatic carbocycles. The van der Waals surface area contributed by atoms with Crippen LogP contribution in [0, 0.1) is 18.5 Å². The highest BCUT2D eigenvalue weighted by Gasteiger charge is 2.07. The topological polar surface area (TPSA) is 28.7 Å². The number of aromatic amines is 1. The Balaban J connectivity index is 2.66. The Morgan fingerprint density at radius 3 is 2.59 bits per heavy atom. The molecule has 0 fully saturated rings. The van der Waals surface area contributed by atoms with Gasteiger partial charge in [0.15, 0.2) is 0 Å². The molecule has 17 heavy (non-hydrogen) atoms. The normalized spacial score (nSPS) is 10.5. The van der Waals surface area contributed by atoms with Crippen molar-refractivity contribution in [2.24, 2.45) is 0 Å². The third-order valence-corrected chi connectivity index (χ3v) is 3.41. The van der Waals surface area contributed by atoms with Crippen molar-refractivity contribution in [1.29, 1.82) is 0 Å². The average Bonchev–Trinajstić information content (AvgIpc) is 2.33. The molecule has 0 aliphatic rings. The second-order valence-corrected chi connectivity index (χ2v) is 4.55. The molecule has 0 spiro atoms. The predicted molar refractivity (Wildman–Crippen MR) is 73.7 cm³/mol. The highest BCUT2D eigenvalue weighted by Crippen LogP contribution is 2.20. The smallest absolute Gasteiger partial charge is 0.139 e. The van der Waals surface area contributed by atoms with Crippen LogP contribution in [0.15, 0.2) is 24.3 Å². The van der Waals surface area contributed by atoms with Crippen LogP contribution in [0.2, 0.25) is 0 Å². The molecule has 0 bridgehead atoms. The van der Waals surface area contributed by atoms with Gasteiger partial charge in [-0.25, -0.2) is 4.98 Å². The maximum Gasteiger partial charge on any atom is 0.139 e.